The zero-order valence-corrected chi connectivity index (χ0v) is 11.6. The van der Waals surface area contributed by atoms with Gasteiger partial charge in [-0.1, -0.05) is 19.9 Å². The molecular weight excluding hydrogens is 244 g/mol. The van der Waals surface area contributed by atoms with Gasteiger partial charge in [-0.25, -0.2) is 0 Å². The van der Waals surface area contributed by atoms with Gasteiger partial charge in [-0.15, -0.1) is 11.8 Å². The van der Waals surface area contributed by atoms with Gasteiger partial charge >= 0.3 is 0 Å². The van der Waals surface area contributed by atoms with E-state index >= 15 is 0 Å². The first-order chi connectivity index (χ1) is 8.69. The van der Waals surface area contributed by atoms with E-state index in [1.807, 2.05) is 6.07 Å². The summed E-state index contributed by atoms with van der Waals surface area (Å²) in [5, 5.41) is 13.1. The van der Waals surface area contributed by atoms with Crippen LogP contribution in [0.1, 0.15) is 25.0 Å². The van der Waals surface area contributed by atoms with Gasteiger partial charge in [0.05, 0.1) is 24.0 Å². The average molecular weight is 262 g/mol. The molecule has 1 aliphatic heterocycles. The van der Waals surface area contributed by atoms with Crippen LogP contribution in [-0.2, 0) is 11.3 Å². The smallest absolute Gasteiger partial charge is 0.100 e. The minimum atomic E-state index is 0.455. The van der Waals surface area contributed by atoms with Crippen LogP contribution in [0.4, 0.5) is 0 Å². The number of nitriles is 1. The fourth-order valence-corrected chi connectivity index (χ4v) is 2.73. The lowest BCUT2D eigenvalue weighted by molar-refractivity contribution is 0.0455. The Labute approximate surface area is 113 Å². The molecule has 0 saturated carbocycles. The maximum atomic E-state index is 9.21. The Balaban J connectivity index is 2.05. The van der Waals surface area contributed by atoms with E-state index in [0.29, 0.717) is 11.3 Å². The van der Waals surface area contributed by atoms with E-state index in [2.05, 4.69) is 37.4 Å². The van der Waals surface area contributed by atoms with Crippen molar-refractivity contribution in [2.75, 3.05) is 13.2 Å². The van der Waals surface area contributed by atoms with Gasteiger partial charge in [-0.2, -0.15) is 5.26 Å². The first-order valence-electron chi connectivity index (χ1n) is 6.20. The third kappa shape index (κ3) is 3.49. The van der Waals surface area contributed by atoms with Crippen molar-refractivity contribution < 1.29 is 4.74 Å². The van der Waals surface area contributed by atoms with Gasteiger partial charge in [0.2, 0.25) is 0 Å². The molecule has 3 nitrogen and oxygen atoms in total. The topological polar surface area (TPSA) is 45.0 Å². The second-order valence-electron chi connectivity index (χ2n) is 4.76. The zero-order chi connectivity index (χ0) is 13.0. The normalized spacial score (nSPS) is 15.4. The second kappa shape index (κ2) is 6.24. The Bertz CT molecular complexity index is 450. The van der Waals surface area contributed by atoms with Crippen molar-refractivity contribution in [3.05, 3.63) is 29.3 Å². The lowest BCUT2D eigenvalue weighted by atomic mass is 10.1. The summed E-state index contributed by atoms with van der Waals surface area (Å²) >= 11 is 1.75. The van der Waals surface area contributed by atoms with Crippen LogP contribution < -0.4 is 5.32 Å². The SMILES string of the molecule is CC(C)NCc1ccc(SC2COC2)c(C#N)c1. The molecule has 0 unspecified atom stereocenters. The van der Waals surface area contributed by atoms with Gasteiger partial charge in [0.25, 0.3) is 0 Å². The summed E-state index contributed by atoms with van der Waals surface area (Å²) in [6.07, 6.45) is 0. The van der Waals surface area contributed by atoms with Crippen LogP contribution in [0.15, 0.2) is 23.1 Å². The summed E-state index contributed by atoms with van der Waals surface area (Å²) in [6.45, 7) is 6.64. The number of rotatable bonds is 5. The van der Waals surface area contributed by atoms with Gasteiger partial charge in [0.15, 0.2) is 0 Å². The molecule has 1 heterocycles. The van der Waals surface area contributed by atoms with Crippen molar-refractivity contribution >= 4 is 11.8 Å². The molecule has 96 valence electrons. The third-order valence-electron chi connectivity index (χ3n) is 2.78. The molecule has 0 bridgehead atoms. The van der Waals surface area contributed by atoms with E-state index in [0.717, 1.165) is 35.8 Å². The monoisotopic (exact) mass is 262 g/mol. The minimum Gasteiger partial charge on any atom is -0.379 e. The van der Waals surface area contributed by atoms with Crippen molar-refractivity contribution in [1.82, 2.24) is 5.32 Å². The molecule has 2 rings (SSSR count). The molecule has 1 aromatic carbocycles. The van der Waals surface area contributed by atoms with Gasteiger partial charge < -0.3 is 10.1 Å². The van der Waals surface area contributed by atoms with Crippen molar-refractivity contribution in [3.63, 3.8) is 0 Å². The van der Waals surface area contributed by atoms with Crippen molar-refractivity contribution in [3.8, 4) is 6.07 Å². The molecule has 0 aliphatic carbocycles. The quantitative estimate of drug-likeness (QED) is 0.885. The standard InChI is InChI=1S/C14H18N2OS/c1-10(2)16-7-11-3-4-14(12(5-11)6-15)18-13-8-17-9-13/h3-5,10,13,16H,7-9H2,1-2H3. The van der Waals surface area contributed by atoms with Crippen LogP contribution in [0, 0.1) is 11.3 Å². The van der Waals surface area contributed by atoms with E-state index in [-0.39, 0.29) is 0 Å². The molecule has 18 heavy (non-hydrogen) atoms. The Morgan fingerprint density at radius 1 is 1.50 bits per heavy atom. The number of hydrogen-bond donors (Lipinski definition) is 1. The highest BCUT2D eigenvalue weighted by atomic mass is 32.2. The van der Waals surface area contributed by atoms with Crippen LogP contribution in [0.2, 0.25) is 0 Å². The van der Waals surface area contributed by atoms with E-state index in [1.165, 1.54) is 0 Å². The molecule has 1 aliphatic rings. The summed E-state index contributed by atoms with van der Waals surface area (Å²) in [7, 11) is 0. The fraction of sp³-hybridized carbons (Fsp3) is 0.500. The average Bonchev–Trinajstić information content (AvgIpc) is 2.31. The van der Waals surface area contributed by atoms with Gasteiger partial charge in [0.1, 0.15) is 6.07 Å². The van der Waals surface area contributed by atoms with E-state index in [4.69, 9.17) is 4.74 Å². The number of benzene rings is 1. The highest BCUT2D eigenvalue weighted by Gasteiger charge is 2.20. The summed E-state index contributed by atoms with van der Waals surface area (Å²) in [6, 6.07) is 8.88. The van der Waals surface area contributed by atoms with Crippen LogP contribution in [-0.4, -0.2) is 24.5 Å². The van der Waals surface area contributed by atoms with Crippen LogP contribution in [0.25, 0.3) is 0 Å². The number of ether oxygens (including phenoxy) is 1. The van der Waals surface area contributed by atoms with Crippen LogP contribution in [0.5, 0.6) is 0 Å². The maximum absolute atomic E-state index is 9.21. The van der Waals surface area contributed by atoms with Crippen LogP contribution >= 0.6 is 11.8 Å². The fourth-order valence-electron chi connectivity index (χ4n) is 1.66. The highest BCUT2D eigenvalue weighted by Crippen LogP contribution is 2.30. The molecule has 1 saturated heterocycles. The van der Waals surface area contributed by atoms with E-state index in [9.17, 15) is 5.26 Å². The Morgan fingerprint density at radius 2 is 2.28 bits per heavy atom. The third-order valence-corrected chi connectivity index (χ3v) is 4.00. The first-order valence-corrected chi connectivity index (χ1v) is 7.08. The lowest BCUT2D eigenvalue weighted by Crippen LogP contribution is -2.30. The van der Waals surface area contributed by atoms with Crippen molar-refractivity contribution in [2.45, 2.75) is 36.6 Å². The number of thioether (sulfide) groups is 1. The van der Waals surface area contributed by atoms with Gasteiger partial charge in [-0.05, 0) is 17.7 Å². The van der Waals surface area contributed by atoms with Gasteiger partial charge in [-0.3, -0.25) is 0 Å². The molecule has 0 atom stereocenters. The second-order valence-corrected chi connectivity index (χ2v) is 6.10. The molecule has 4 heteroatoms. The zero-order valence-electron chi connectivity index (χ0n) is 10.8. The predicted molar refractivity (Wildman–Crippen MR) is 73.6 cm³/mol. The molecule has 0 amide bonds. The highest BCUT2D eigenvalue weighted by molar-refractivity contribution is 8.00. The summed E-state index contributed by atoms with van der Waals surface area (Å²) in [4.78, 5) is 1.07. The number of nitrogens with zero attached hydrogens (tertiary/aromatic N) is 1. The molecule has 1 aromatic rings. The Hall–Kier alpha value is -1.02. The summed E-state index contributed by atoms with van der Waals surface area (Å²) in [5.74, 6) is 0. The molecule has 1 N–H and O–H groups in total. The van der Waals surface area contributed by atoms with E-state index in [1.54, 1.807) is 11.8 Å². The number of nitrogens with one attached hydrogen (secondary N) is 1. The molecule has 1 fully saturated rings. The summed E-state index contributed by atoms with van der Waals surface area (Å²) < 4.78 is 5.16. The Kier molecular flexibility index (Phi) is 4.65. The first kappa shape index (κ1) is 13.4. The predicted octanol–water partition coefficient (Wildman–Crippen LogP) is 2.55. The molecular formula is C14H18N2OS. The van der Waals surface area contributed by atoms with Crippen molar-refractivity contribution in [1.29, 1.82) is 5.26 Å². The molecule has 0 spiro atoms. The number of hydrogen-bond acceptors (Lipinski definition) is 4. The minimum absolute atomic E-state index is 0.455. The largest absolute Gasteiger partial charge is 0.379 e. The Morgan fingerprint density at radius 3 is 2.83 bits per heavy atom. The van der Waals surface area contributed by atoms with Crippen molar-refractivity contribution in [2.24, 2.45) is 0 Å². The molecule has 0 aromatic heterocycles. The summed E-state index contributed by atoms with van der Waals surface area (Å²) in [5.41, 5.74) is 1.93. The maximum Gasteiger partial charge on any atom is 0.100 e. The van der Waals surface area contributed by atoms with Gasteiger partial charge in [0, 0.05) is 17.5 Å². The lowest BCUT2D eigenvalue weighted by Gasteiger charge is -2.25. The van der Waals surface area contributed by atoms with E-state index < -0.39 is 0 Å². The van der Waals surface area contributed by atoms with Crippen LogP contribution in [0.3, 0.4) is 0 Å². The molecule has 0 radical (unpaired) electrons.